The van der Waals surface area contributed by atoms with Gasteiger partial charge in [0.1, 0.15) is 6.10 Å². The molecule has 0 atom stereocenters. The number of thiazole rings is 1. The minimum absolute atomic E-state index is 0. The summed E-state index contributed by atoms with van der Waals surface area (Å²) in [7, 11) is 0. The largest absolute Gasteiger partial charge is 0.467 e. The van der Waals surface area contributed by atoms with Crippen LogP contribution in [0.15, 0.2) is 18.2 Å². The Morgan fingerprint density at radius 1 is 1.40 bits per heavy atom. The minimum Gasteiger partial charge on any atom is -0.467 e. The van der Waals surface area contributed by atoms with Gasteiger partial charge in [-0.3, -0.25) is 10.1 Å². The molecule has 8 heteroatoms. The lowest BCUT2D eigenvalue weighted by Crippen LogP contribution is -2.34. The van der Waals surface area contributed by atoms with Gasteiger partial charge in [-0.05, 0) is 32.0 Å². The van der Waals surface area contributed by atoms with E-state index in [0.717, 1.165) is 30.6 Å². The zero-order chi connectivity index (χ0) is 13.2. The first-order valence-corrected chi connectivity index (χ1v) is 6.96. The van der Waals surface area contributed by atoms with E-state index < -0.39 is 4.92 Å². The van der Waals surface area contributed by atoms with Crippen molar-refractivity contribution in [2.24, 2.45) is 0 Å². The Morgan fingerprint density at radius 3 is 2.85 bits per heavy atom. The molecule has 1 fully saturated rings. The Labute approximate surface area is 125 Å². The molecule has 3 rings (SSSR count). The highest BCUT2D eigenvalue weighted by atomic mass is 35.5. The van der Waals surface area contributed by atoms with Crippen LogP contribution >= 0.6 is 23.7 Å². The number of aromatic nitrogens is 1. The highest BCUT2D eigenvalue weighted by Crippen LogP contribution is 2.31. The van der Waals surface area contributed by atoms with Crippen LogP contribution in [0.1, 0.15) is 12.8 Å². The van der Waals surface area contributed by atoms with Crippen molar-refractivity contribution in [1.29, 1.82) is 0 Å². The standard InChI is InChI=1S/C12H13N3O3S.ClH/c16-15(17)8-1-2-11-10(7-8)14-12(19-11)18-9-3-5-13-6-4-9;/h1-2,7,9,13H,3-6H2;1H. The number of piperidine rings is 1. The van der Waals surface area contributed by atoms with Crippen molar-refractivity contribution >= 4 is 39.6 Å². The van der Waals surface area contributed by atoms with Gasteiger partial charge < -0.3 is 10.1 Å². The van der Waals surface area contributed by atoms with Gasteiger partial charge in [0.05, 0.1) is 15.1 Å². The predicted octanol–water partition coefficient (Wildman–Crippen LogP) is 2.76. The summed E-state index contributed by atoms with van der Waals surface area (Å²) >= 11 is 1.44. The molecule has 108 valence electrons. The molecule has 0 bridgehead atoms. The van der Waals surface area contributed by atoms with Gasteiger partial charge in [-0.1, -0.05) is 11.3 Å². The molecular formula is C12H14ClN3O3S. The van der Waals surface area contributed by atoms with E-state index in [0.29, 0.717) is 10.7 Å². The van der Waals surface area contributed by atoms with Gasteiger partial charge in [-0.2, -0.15) is 0 Å². The molecular weight excluding hydrogens is 302 g/mol. The number of rotatable bonds is 3. The van der Waals surface area contributed by atoms with Gasteiger partial charge in [-0.15, -0.1) is 12.4 Å². The molecule has 0 amide bonds. The van der Waals surface area contributed by atoms with Crippen molar-refractivity contribution in [2.45, 2.75) is 18.9 Å². The normalized spacial score (nSPS) is 15.8. The van der Waals surface area contributed by atoms with E-state index in [1.165, 1.54) is 23.5 Å². The molecule has 1 saturated heterocycles. The number of nitro groups is 1. The average Bonchev–Trinajstić information content (AvgIpc) is 2.80. The monoisotopic (exact) mass is 315 g/mol. The average molecular weight is 316 g/mol. The van der Waals surface area contributed by atoms with Crippen LogP contribution < -0.4 is 10.1 Å². The van der Waals surface area contributed by atoms with Crippen LogP contribution in [0.5, 0.6) is 5.19 Å². The number of non-ortho nitro benzene ring substituents is 1. The maximum atomic E-state index is 10.7. The second-order valence-electron chi connectivity index (χ2n) is 4.46. The van der Waals surface area contributed by atoms with Crippen molar-refractivity contribution in [3.05, 3.63) is 28.3 Å². The number of fused-ring (bicyclic) bond motifs is 1. The summed E-state index contributed by atoms with van der Waals surface area (Å²) in [4.78, 5) is 14.6. The first-order chi connectivity index (χ1) is 9.22. The maximum Gasteiger partial charge on any atom is 0.274 e. The predicted molar refractivity (Wildman–Crippen MR) is 80.0 cm³/mol. The molecule has 1 N–H and O–H groups in total. The zero-order valence-corrected chi connectivity index (χ0v) is 12.2. The summed E-state index contributed by atoms with van der Waals surface area (Å²) in [6, 6.07) is 4.70. The minimum atomic E-state index is -0.411. The van der Waals surface area contributed by atoms with Crippen LogP contribution in [0.25, 0.3) is 10.2 Å². The third-order valence-corrected chi connectivity index (χ3v) is 4.04. The first-order valence-electron chi connectivity index (χ1n) is 6.15. The van der Waals surface area contributed by atoms with Crippen LogP contribution in [-0.2, 0) is 0 Å². The number of nitrogens with one attached hydrogen (secondary N) is 1. The van der Waals surface area contributed by atoms with E-state index in [-0.39, 0.29) is 24.2 Å². The van der Waals surface area contributed by atoms with Gasteiger partial charge in [0.15, 0.2) is 0 Å². The van der Waals surface area contributed by atoms with Crippen LogP contribution in [0.4, 0.5) is 5.69 Å². The van der Waals surface area contributed by atoms with E-state index in [2.05, 4.69) is 10.3 Å². The van der Waals surface area contributed by atoms with Gasteiger partial charge in [0.25, 0.3) is 10.9 Å². The van der Waals surface area contributed by atoms with Crippen LogP contribution in [0, 0.1) is 10.1 Å². The summed E-state index contributed by atoms with van der Waals surface area (Å²) in [6.45, 7) is 1.92. The second kappa shape index (κ2) is 6.34. The summed E-state index contributed by atoms with van der Waals surface area (Å²) in [5.74, 6) is 0. The summed E-state index contributed by atoms with van der Waals surface area (Å²) < 4.78 is 6.75. The molecule has 20 heavy (non-hydrogen) atoms. The second-order valence-corrected chi connectivity index (χ2v) is 5.45. The molecule has 1 aliphatic heterocycles. The van der Waals surface area contributed by atoms with E-state index in [9.17, 15) is 10.1 Å². The summed E-state index contributed by atoms with van der Waals surface area (Å²) in [5.41, 5.74) is 0.689. The van der Waals surface area contributed by atoms with Crippen molar-refractivity contribution in [3.63, 3.8) is 0 Å². The lowest BCUT2D eigenvalue weighted by Gasteiger charge is -2.22. The Bertz CT molecular complexity index is 613. The summed E-state index contributed by atoms with van der Waals surface area (Å²) in [5, 5.41) is 14.6. The quantitative estimate of drug-likeness (QED) is 0.696. The summed E-state index contributed by atoms with van der Waals surface area (Å²) in [6.07, 6.45) is 2.13. The topological polar surface area (TPSA) is 77.3 Å². The number of ether oxygens (including phenoxy) is 1. The Morgan fingerprint density at radius 2 is 2.15 bits per heavy atom. The fraction of sp³-hybridized carbons (Fsp3) is 0.417. The number of halogens is 1. The lowest BCUT2D eigenvalue weighted by molar-refractivity contribution is -0.384. The molecule has 1 aliphatic rings. The number of hydrogen-bond acceptors (Lipinski definition) is 6. The SMILES string of the molecule is Cl.O=[N+]([O-])c1ccc2sc(OC3CCNCC3)nc2c1. The molecule has 6 nitrogen and oxygen atoms in total. The van der Waals surface area contributed by atoms with Crippen LogP contribution in [0.3, 0.4) is 0 Å². The Kier molecular flexibility index (Phi) is 4.74. The number of hydrogen-bond donors (Lipinski definition) is 1. The maximum absolute atomic E-state index is 10.7. The van der Waals surface area contributed by atoms with Crippen molar-refractivity contribution in [3.8, 4) is 5.19 Å². The molecule has 1 aromatic carbocycles. The molecule has 0 unspecified atom stereocenters. The van der Waals surface area contributed by atoms with E-state index in [4.69, 9.17) is 4.74 Å². The third-order valence-electron chi connectivity index (χ3n) is 3.12. The molecule has 0 spiro atoms. The van der Waals surface area contributed by atoms with Gasteiger partial charge in [-0.25, -0.2) is 4.98 Å². The molecule has 0 saturated carbocycles. The molecule has 2 heterocycles. The number of benzene rings is 1. The fourth-order valence-electron chi connectivity index (χ4n) is 2.11. The number of nitro benzene ring substituents is 1. The van der Waals surface area contributed by atoms with Crippen molar-refractivity contribution in [2.75, 3.05) is 13.1 Å². The number of nitrogens with zero attached hydrogens (tertiary/aromatic N) is 2. The highest BCUT2D eigenvalue weighted by molar-refractivity contribution is 7.20. The van der Waals surface area contributed by atoms with E-state index in [1.54, 1.807) is 6.07 Å². The first kappa shape index (κ1) is 15.0. The van der Waals surface area contributed by atoms with E-state index >= 15 is 0 Å². The third kappa shape index (κ3) is 3.17. The Balaban J connectivity index is 0.00000147. The zero-order valence-electron chi connectivity index (χ0n) is 10.6. The van der Waals surface area contributed by atoms with Gasteiger partial charge in [0.2, 0.25) is 0 Å². The van der Waals surface area contributed by atoms with Crippen LogP contribution in [-0.4, -0.2) is 29.1 Å². The van der Waals surface area contributed by atoms with Gasteiger partial charge >= 0.3 is 0 Å². The molecule has 1 aromatic heterocycles. The smallest absolute Gasteiger partial charge is 0.274 e. The molecule has 2 aromatic rings. The van der Waals surface area contributed by atoms with Crippen molar-refractivity contribution < 1.29 is 9.66 Å². The molecule has 0 radical (unpaired) electrons. The highest BCUT2D eigenvalue weighted by Gasteiger charge is 2.17. The fourth-order valence-corrected chi connectivity index (χ4v) is 2.98. The van der Waals surface area contributed by atoms with Crippen LogP contribution in [0.2, 0.25) is 0 Å². The van der Waals surface area contributed by atoms with Crippen molar-refractivity contribution in [1.82, 2.24) is 10.3 Å². The van der Waals surface area contributed by atoms with Gasteiger partial charge in [0, 0.05) is 12.1 Å². The molecule has 0 aliphatic carbocycles. The van der Waals surface area contributed by atoms with E-state index in [1.807, 2.05) is 0 Å². The lowest BCUT2D eigenvalue weighted by atomic mass is 10.1. The Hall–Kier alpha value is -1.44.